The van der Waals surface area contributed by atoms with Gasteiger partial charge in [-0.1, -0.05) is 0 Å². The SMILES string of the molecule is COc1c(-c2nc3ncncc3[nH]2)ccc2c1CCN2C. The average Bonchev–Trinajstić information content (AvgIpc) is 3.10. The predicted octanol–water partition coefficient (Wildman–Crippen LogP) is 2.02. The molecule has 0 unspecified atom stereocenters. The molecule has 6 nitrogen and oxygen atoms in total. The molecule has 0 aliphatic carbocycles. The van der Waals surface area contributed by atoms with Gasteiger partial charge in [0, 0.05) is 24.8 Å². The van der Waals surface area contributed by atoms with Crippen molar-refractivity contribution in [2.24, 2.45) is 0 Å². The summed E-state index contributed by atoms with van der Waals surface area (Å²) in [4.78, 5) is 18.2. The first-order valence-corrected chi connectivity index (χ1v) is 6.85. The van der Waals surface area contributed by atoms with Crippen LogP contribution in [-0.2, 0) is 6.42 Å². The Kier molecular flexibility index (Phi) is 2.57. The summed E-state index contributed by atoms with van der Waals surface area (Å²) in [5.74, 6) is 1.66. The molecule has 0 fully saturated rings. The zero-order chi connectivity index (χ0) is 14.4. The monoisotopic (exact) mass is 281 g/mol. The van der Waals surface area contributed by atoms with Crippen LogP contribution >= 0.6 is 0 Å². The number of hydrogen-bond donors (Lipinski definition) is 1. The smallest absolute Gasteiger partial charge is 0.181 e. The largest absolute Gasteiger partial charge is 0.496 e. The summed E-state index contributed by atoms with van der Waals surface area (Å²) in [6, 6.07) is 4.17. The van der Waals surface area contributed by atoms with Gasteiger partial charge in [-0.05, 0) is 18.6 Å². The molecule has 1 aliphatic rings. The molecule has 4 rings (SSSR count). The Hall–Kier alpha value is -2.63. The second-order valence-electron chi connectivity index (χ2n) is 5.16. The number of hydrogen-bond acceptors (Lipinski definition) is 5. The Bertz CT molecular complexity index is 793. The molecule has 3 heterocycles. The maximum Gasteiger partial charge on any atom is 0.181 e. The lowest BCUT2D eigenvalue weighted by atomic mass is 10.1. The van der Waals surface area contributed by atoms with Crippen molar-refractivity contribution in [2.45, 2.75) is 6.42 Å². The highest BCUT2D eigenvalue weighted by Crippen LogP contribution is 2.40. The normalized spacial score (nSPS) is 13.7. The molecule has 0 radical (unpaired) electrons. The number of fused-ring (bicyclic) bond motifs is 2. The number of likely N-dealkylation sites (N-methyl/N-ethyl adjacent to an activating group) is 1. The Morgan fingerprint density at radius 3 is 3.05 bits per heavy atom. The highest BCUT2D eigenvalue weighted by molar-refractivity contribution is 5.80. The minimum atomic E-state index is 0.666. The van der Waals surface area contributed by atoms with E-state index in [4.69, 9.17) is 4.74 Å². The third-order valence-corrected chi connectivity index (χ3v) is 3.97. The molecule has 0 saturated carbocycles. The number of benzene rings is 1. The number of nitrogens with zero attached hydrogens (tertiary/aromatic N) is 4. The first-order chi connectivity index (χ1) is 10.3. The van der Waals surface area contributed by atoms with Gasteiger partial charge in [0.2, 0.25) is 0 Å². The molecule has 0 atom stereocenters. The zero-order valence-corrected chi connectivity index (χ0v) is 11.9. The summed E-state index contributed by atoms with van der Waals surface area (Å²) < 4.78 is 5.66. The molecule has 1 N–H and O–H groups in total. The highest BCUT2D eigenvalue weighted by atomic mass is 16.5. The molecule has 0 bridgehead atoms. The van der Waals surface area contributed by atoms with Gasteiger partial charge < -0.3 is 14.6 Å². The summed E-state index contributed by atoms with van der Waals surface area (Å²) in [5, 5.41) is 0. The number of H-pyrrole nitrogens is 1. The van der Waals surface area contributed by atoms with Crippen molar-refractivity contribution >= 4 is 16.9 Å². The van der Waals surface area contributed by atoms with E-state index in [0.717, 1.165) is 35.6 Å². The van der Waals surface area contributed by atoms with Crippen LogP contribution in [0.15, 0.2) is 24.7 Å². The minimum absolute atomic E-state index is 0.666. The average molecular weight is 281 g/mol. The minimum Gasteiger partial charge on any atom is -0.496 e. The van der Waals surface area contributed by atoms with Crippen LogP contribution < -0.4 is 9.64 Å². The lowest BCUT2D eigenvalue weighted by molar-refractivity contribution is 0.412. The molecule has 106 valence electrons. The van der Waals surface area contributed by atoms with E-state index >= 15 is 0 Å². The van der Waals surface area contributed by atoms with Crippen molar-refractivity contribution in [3.63, 3.8) is 0 Å². The highest BCUT2D eigenvalue weighted by Gasteiger charge is 2.23. The van der Waals surface area contributed by atoms with Gasteiger partial charge in [0.15, 0.2) is 5.65 Å². The number of imidazole rings is 1. The van der Waals surface area contributed by atoms with Crippen LogP contribution in [0.1, 0.15) is 5.56 Å². The number of ether oxygens (including phenoxy) is 1. The van der Waals surface area contributed by atoms with Crippen molar-refractivity contribution in [3.8, 4) is 17.1 Å². The number of anilines is 1. The van der Waals surface area contributed by atoms with Gasteiger partial charge in [-0.15, -0.1) is 0 Å². The van der Waals surface area contributed by atoms with Crippen molar-refractivity contribution in [1.82, 2.24) is 19.9 Å². The summed E-state index contributed by atoms with van der Waals surface area (Å²) in [6.45, 7) is 1.01. The van der Waals surface area contributed by atoms with Crippen LogP contribution in [0.4, 0.5) is 5.69 Å². The van der Waals surface area contributed by atoms with Crippen LogP contribution in [0.2, 0.25) is 0 Å². The summed E-state index contributed by atoms with van der Waals surface area (Å²) in [7, 11) is 3.81. The number of aromatic nitrogens is 4. The quantitative estimate of drug-likeness (QED) is 0.778. The van der Waals surface area contributed by atoms with E-state index < -0.39 is 0 Å². The fourth-order valence-electron chi connectivity index (χ4n) is 2.93. The third kappa shape index (κ3) is 1.75. The molecular weight excluding hydrogens is 266 g/mol. The Balaban J connectivity index is 1.92. The van der Waals surface area contributed by atoms with Crippen molar-refractivity contribution < 1.29 is 4.74 Å². The Morgan fingerprint density at radius 1 is 1.33 bits per heavy atom. The van der Waals surface area contributed by atoms with E-state index in [1.54, 1.807) is 13.3 Å². The maximum atomic E-state index is 5.66. The number of aromatic amines is 1. The molecule has 0 amide bonds. The van der Waals surface area contributed by atoms with Gasteiger partial charge >= 0.3 is 0 Å². The lowest BCUT2D eigenvalue weighted by Gasteiger charge is -2.15. The third-order valence-electron chi connectivity index (χ3n) is 3.97. The van der Waals surface area contributed by atoms with Crippen LogP contribution in [0.5, 0.6) is 5.75 Å². The topological polar surface area (TPSA) is 66.9 Å². The van der Waals surface area contributed by atoms with E-state index in [9.17, 15) is 0 Å². The maximum absolute atomic E-state index is 5.66. The van der Waals surface area contributed by atoms with Crippen LogP contribution in [0.3, 0.4) is 0 Å². The van der Waals surface area contributed by atoms with Gasteiger partial charge in [0.1, 0.15) is 23.4 Å². The predicted molar refractivity (Wildman–Crippen MR) is 80.6 cm³/mol. The Morgan fingerprint density at radius 2 is 2.24 bits per heavy atom. The van der Waals surface area contributed by atoms with Gasteiger partial charge in [0.25, 0.3) is 0 Å². The summed E-state index contributed by atoms with van der Waals surface area (Å²) >= 11 is 0. The van der Waals surface area contributed by atoms with Gasteiger partial charge in [0.05, 0.1) is 18.9 Å². The van der Waals surface area contributed by atoms with E-state index in [-0.39, 0.29) is 0 Å². The van der Waals surface area contributed by atoms with E-state index in [2.05, 4.69) is 37.9 Å². The second kappa shape index (κ2) is 4.44. The molecule has 2 aromatic heterocycles. The first kappa shape index (κ1) is 12.1. The van der Waals surface area contributed by atoms with E-state index in [0.29, 0.717) is 5.65 Å². The zero-order valence-electron chi connectivity index (χ0n) is 11.9. The van der Waals surface area contributed by atoms with Crippen LogP contribution in [0.25, 0.3) is 22.6 Å². The Labute approximate surface area is 121 Å². The summed E-state index contributed by atoms with van der Waals surface area (Å²) in [6.07, 6.45) is 4.22. The molecule has 0 spiro atoms. The molecule has 1 aromatic carbocycles. The molecular formula is C15H15N5O. The van der Waals surface area contributed by atoms with Crippen LogP contribution in [0, 0.1) is 0 Å². The van der Waals surface area contributed by atoms with Gasteiger partial charge in [-0.3, -0.25) is 0 Å². The number of rotatable bonds is 2. The summed E-state index contributed by atoms with van der Waals surface area (Å²) in [5.41, 5.74) is 4.92. The van der Waals surface area contributed by atoms with Crippen molar-refractivity contribution in [2.75, 3.05) is 25.6 Å². The standard InChI is InChI=1S/C15H15N5O/c1-20-6-5-9-12(20)4-3-10(13(9)21-2)14-18-11-7-16-8-17-15(11)19-14/h3-4,7-8H,5-6H2,1-2H3,(H,16,17,18,19). The first-order valence-electron chi connectivity index (χ1n) is 6.85. The number of methoxy groups -OCH3 is 1. The second-order valence-corrected chi connectivity index (χ2v) is 5.16. The fourth-order valence-corrected chi connectivity index (χ4v) is 2.93. The van der Waals surface area contributed by atoms with Crippen LogP contribution in [-0.4, -0.2) is 40.6 Å². The molecule has 3 aromatic rings. The molecule has 6 heteroatoms. The molecule has 1 aliphatic heterocycles. The fraction of sp³-hybridized carbons (Fsp3) is 0.267. The lowest BCUT2D eigenvalue weighted by Crippen LogP contribution is -2.12. The van der Waals surface area contributed by atoms with Crippen molar-refractivity contribution in [3.05, 3.63) is 30.2 Å². The van der Waals surface area contributed by atoms with Gasteiger partial charge in [-0.2, -0.15) is 0 Å². The van der Waals surface area contributed by atoms with Crippen molar-refractivity contribution in [1.29, 1.82) is 0 Å². The van der Waals surface area contributed by atoms with E-state index in [1.165, 1.54) is 17.6 Å². The molecule has 21 heavy (non-hydrogen) atoms. The van der Waals surface area contributed by atoms with E-state index in [1.807, 2.05) is 6.07 Å². The van der Waals surface area contributed by atoms with Gasteiger partial charge in [-0.25, -0.2) is 15.0 Å². The number of nitrogens with one attached hydrogen (secondary N) is 1. The molecule has 0 saturated heterocycles.